The Balaban J connectivity index is 1.13. The number of anilines is 3. The normalized spacial score (nSPS) is 11.7. The SMILES string of the molecule is c1ccc(-c2ccc(-c3ccc(N(c4cc5ccc6cccc7c8cccc9ccc%10cccc(c(c4)c5c67)c%10c98)c4ccccc4-c4ccccc4)cc3)cc2)cc1. The molecule has 12 aromatic rings. The van der Waals surface area contributed by atoms with Crippen LogP contribution in [0.25, 0.3) is 98.0 Å². The molecule has 0 radical (unpaired) electrons. The Kier molecular flexibility index (Phi) is 7.61. The first-order chi connectivity index (χ1) is 29.3. The second-order valence-corrected chi connectivity index (χ2v) is 15.6. The summed E-state index contributed by atoms with van der Waals surface area (Å²) in [6, 6.07) is 82.7. The van der Waals surface area contributed by atoms with Gasteiger partial charge in [-0.3, -0.25) is 0 Å². The predicted molar refractivity (Wildman–Crippen MR) is 254 cm³/mol. The highest BCUT2D eigenvalue weighted by Crippen LogP contribution is 2.47. The van der Waals surface area contributed by atoms with Crippen LogP contribution in [0.3, 0.4) is 0 Å². The lowest BCUT2D eigenvalue weighted by atomic mass is 9.87. The Morgan fingerprint density at radius 2 is 0.661 bits per heavy atom. The molecule has 0 aliphatic rings. The average Bonchev–Trinajstić information content (AvgIpc) is 3.31. The molecule has 0 amide bonds. The highest BCUT2D eigenvalue weighted by molar-refractivity contribution is 6.37. The van der Waals surface area contributed by atoms with E-state index in [0.29, 0.717) is 0 Å². The van der Waals surface area contributed by atoms with Gasteiger partial charge in [-0.1, -0.05) is 194 Å². The Morgan fingerprint density at radius 1 is 0.237 bits per heavy atom. The van der Waals surface area contributed by atoms with Crippen molar-refractivity contribution in [2.45, 2.75) is 0 Å². The predicted octanol–water partition coefficient (Wildman–Crippen LogP) is 16.5. The monoisotopic (exact) mass is 747 g/mol. The van der Waals surface area contributed by atoms with Crippen molar-refractivity contribution >= 4 is 81.7 Å². The van der Waals surface area contributed by atoms with Crippen molar-refractivity contribution in [1.29, 1.82) is 0 Å². The van der Waals surface area contributed by atoms with Gasteiger partial charge in [0.1, 0.15) is 0 Å². The smallest absolute Gasteiger partial charge is 0.0540 e. The molecule has 1 nitrogen and oxygen atoms in total. The van der Waals surface area contributed by atoms with Crippen LogP contribution in [0.1, 0.15) is 0 Å². The minimum absolute atomic E-state index is 1.10. The van der Waals surface area contributed by atoms with Crippen LogP contribution >= 0.6 is 0 Å². The van der Waals surface area contributed by atoms with Crippen LogP contribution in [0, 0.1) is 0 Å². The number of rotatable bonds is 6. The van der Waals surface area contributed by atoms with Crippen LogP contribution in [0.4, 0.5) is 17.1 Å². The van der Waals surface area contributed by atoms with Gasteiger partial charge in [0.05, 0.1) is 5.69 Å². The Morgan fingerprint density at radius 3 is 1.22 bits per heavy atom. The molecule has 0 bridgehead atoms. The van der Waals surface area contributed by atoms with E-state index in [0.717, 1.165) is 17.1 Å². The molecule has 0 heterocycles. The first-order valence-corrected chi connectivity index (χ1v) is 20.4. The summed E-state index contributed by atoms with van der Waals surface area (Å²) in [5.74, 6) is 0. The van der Waals surface area contributed by atoms with Crippen LogP contribution in [-0.4, -0.2) is 0 Å². The molecule has 0 spiro atoms. The lowest BCUT2D eigenvalue weighted by molar-refractivity contribution is 1.29. The molecule has 0 fully saturated rings. The van der Waals surface area contributed by atoms with E-state index in [4.69, 9.17) is 0 Å². The van der Waals surface area contributed by atoms with Gasteiger partial charge in [0.15, 0.2) is 0 Å². The summed E-state index contributed by atoms with van der Waals surface area (Å²) in [5, 5.41) is 15.3. The fraction of sp³-hybridized carbons (Fsp3) is 0. The van der Waals surface area contributed by atoms with E-state index in [1.807, 2.05) is 0 Å². The van der Waals surface area contributed by atoms with Crippen LogP contribution in [0.15, 0.2) is 224 Å². The number of hydrogen-bond acceptors (Lipinski definition) is 1. The van der Waals surface area contributed by atoms with Crippen molar-refractivity contribution in [3.8, 4) is 33.4 Å². The van der Waals surface area contributed by atoms with Gasteiger partial charge in [0, 0.05) is 16.9 Å². The largest absolute Gasteiger partial charge is 0.310 e. The number of benzene rings is 11. The minimum Gasteiger partial charge on any atom is -0.310 e. The number of hydrogen-bond donors (Lipinski definition) is 0. The topological polar surface area (TPSA) is 3.24 Å². The number of para-hydroxylation sites is 1. The molecule has 274 valence electrons. The molecule has 0 aliphatic carbocycles. The van der Waals surface area contributed by atoms with Crippen molar-refractivity contribution in [2.24, 2.45) is 0 Å². The molecule has 0 saturated carbocycles. The molecular weight excluding hydrogens is 711 g/mol. The van der Waals surface area contributed by atoms with Crippen molar-refractivity contribution in [1.82, 2.24) is 0 Å². The maximum Gasteiger partial charge on any atom is 0.0540 e. The zero-order valence-electron chi connectivity index (χ0n) is 32.3. The second-order valence-electron chi connectivity index (χ2n) is 15.6. The van der Waals surface area contributed by atoms with E-state index >= 15 is 0 Å². The van der Waals surface area contributed by atoms with E-state index in [2.05, 4.69) is 229 Å². The fourth-order valence-electron chi connectivity index (χ4n) is 9.64. The van der Waals surface area contributed by atoms with E-state index in [9.17, 15) is 0 Å². The summed E-state index contributed by atoms with van der Waals surface area (Å²) in [4.78, 5) is 2.46. The molecule has 0 unspecified atom stereocenters. The van der Waals surface area contributed by atoms with E-state index in [-0.39, 0.29) is 0 Å². The Hall–Kier alpha value is -7.74. The summed E-state index contributed by atoms with van der Waals surface area (Å²) < 4.78 is 0. The molecule has 0 saturated heterocycles. The van der Waals surface area contributed by atoms with Gasteiger partial charge in [-0.25, -0.2) is 0 Å². The number of nitrogens with zero attached hydrogens (tertiary/aromatic N) is 1. The number of fused-ring (bicyclic) bond motifs is 2. The maximum atomic E-state index is 2.46. The van der Waals surface area contributed by atoms with Crippen LogP contribution in [0.2, 0.25) is 0 Å². The second kappa shape index (κ2) is 13.4. The molecule has 59 heavy (non-hydrogen) atoms. The summed E-state index contributed by atoms with van der Waals surface area (Å²) in [6.45, 7) is 0. The zero-order chi connectivity index (χ0) is 38.9. The quantitative estimate of drug-likeness (QED) is 0.153. The molecule has 0 N–H and O–H groups in total. The van der Waals surface area contributed by atoms with Gasteiger partial charge in [-0.2, -0.15) is 0 Å². The molecule has 1 heteroatoms. The van der Waals surface area contributed by atoms with Crippen LogP contribution in [0.5, 0.6) is 0 Å². The van der Waals surface area contributed by atoms with Crippen molar-refractivity contribution in [3.63, 3.8) is 0 Å². The molecular formula is C58H37N. The van der Waals surface area contributed by atoms with Crippen molar-refractivity contribution in [3.05, 3.63) is 224 Å². The first-order valence-electron chi connectivity index (χ1n) is 20.4. The van der Waals surface area contributed by atoms with Gasteiger partial charge in [0.2, 0.25) is 0 Å². The standard InChI is InChI=1S/C58H37N/c1-3-12-38(13-4-1)39-24-26-40(27-25-39)41-32-34-47(35-33-41)59(54-23-8-7-19-49(54)42-14-5-2-6-15-42)48-36-46-31-30-45-17-10-21-51-50-20-9-16-43-28-29-44-18-11-22-52(57(44)55(43)50)53(37-48)58(46)56(45)51/h1-37H. The van der Waals surface area contributed by atoms with Gasteiger partial charge in [-0.05, 0) is 123 Å². The fourth-order valence-corrected chi connectivity index (χ4v) is 9.64. The summed E-state index contributed by atoms with van der Waals surface area (Å²) in [6.07, 6.45) is 0. The third-order valence-corrected chi connectivity index (χ3v) is 12.3. The van der Waals surface area contributed by atoms with Gasteiger partial charge in [-0.15, -0.1) is 0 Å². The third-order valence-electron chi connectivity index (χ3n) is 12.3. The maximum absolute atomic E-state index is 2.46. The Labute approximate surface area is 343 Å². The highest BCUT2D eigenvalue weighted by Gasteiger charge is 2.21. The summed E-state index contributed by atoms with van der Waals surface area (Å²) in [7, 11) is 0. The molecule has 0 aromatic heterocycles. The minimum atomic E-state index is 1.10. The van der Waals surface area contributed by atoms with E-state index < -0.39 is 0 Å². The summed E-state index contributed by atoms with van der Waals surface area (Å²) >= 11 is 0. The summed E-state index contributed by atoms with van der Waals surface area (Å²) in [5.41, 5.74) is 10.5. The van der Waals surface area contributed by atoms with E-state index in [1.165, 1.54) is 98.0 Å². The van der Waals surface area contributed by atoms with Gasteiger partial charge in [0.25, 0.3) is 0 Å². The van der Waals surface area contributed by atoms with Crippen LogP contribution in [-0.2, 0) is 0 Å². The lowest BCUT2D eigenvalue weighted by Gasteiger charge is -2.29. The lowest BCUT2D eigenvalue weighted by Crippen LogP contribution is -2.11. The third kappa shape index (κ3) is 5.40. The molecule has 0 atom stereocenters. The molecule has 0 aliphatic heterocycles. The Bertz CT molecular complexity index is 3510. The van der Waals surface area contributed by atoms with Crippen molar-refractivity contribution in [2.75, 3.05) is 4.90 Å². The average molecular weight is 748 g/mol. The first kappa shape index (κ1) is 33.4. The molecule has 12 rings (SSSR count). The molecule has 12 aromatic carbocycles. The van der Waals surface area contributed by atoms with Crippen molar-refractivity contribution < 1.29 is 0 Å². The highest BCUT2D eigenvalue weighted by atomic mass is 15.1. The van der Waals surface area contributed by atoms with E-state index in [1.54, 1.807) is 0 Å². The van der Waals surface area contributed by atoms with Gasteiger partial charge >= 0.3 is 0 Å². The van der Waals surface area contributed by atoms with Crippen LogP contribution < -0.4 is 4.90 Å². The van der Waals surface area contributed by atoms with Gasteiger partial charge < -0.3 is 4.90 Å². The zero-order valence-corrected chi connectivity index (χ0v) is 32.3.